The monoisotopic (exact) mass is 601 g/mol. The summed E-state index contributed by atoms with van der Waals surface area (Å²) in [7, 11) is 4.56. The fourth-order valence-corrected chi connectivity index (χ4v) is 4.08. The molecule has 0 aliphatic heterocycles. The van der Waals surface area contributed by atoms with Gasteiger partial charge in [0.05, 0.1) is 6.61 Å². The lowest BCUT2D eigenvalue weighted by molar-refractivity contribution is -0.140. The highest BCUT2D eigenvalue weighted by Gasteiger charge is 2.34. The van der Waals surface area contributed by atoms with Crippen LogP contribution < -0.4 is 15.3 Å². The van der Waals surface area contributed by atoms with Crippen molar-refractivity contribution in [3.8, 4) is 0 Å². The summed E-state index contributed by atoms with van der Waals surface area (Å²) in [6.07, 6.45) is 6.04. The summed E-state index contributed by atoms with van der Waals surface area (Å²) in [4.78, 5) is 56.5. The summed E-state index contributed by atoms with van der Waals surface area (Å²) in [5.41, 5.74) is 2.49. The number of methoxy groups -OCH3 is 1. The Kier molecular flexibility index (Phi) is 11.3. The van der Waals surface area contributed by atoms with Gasteiger partial charge in [0.1, 0.15) is 0 Å². The SMILES string of the molecule is COCCNc1nc(N(Cc2cccnc2)Cc2cccnc2)nc(N(OC(=O)N(C)C)[C@@H](Cc2ccccc2)C(=O)O)n1. The molecule has 1 aromatic carbocycles. The van der Waals surface area contributed by atoms with E-state index in [1.54, 1.807) is 56.2 Å². The van der Waals surface area contributed by atoms with E-state index in [9.17, 15) is 14.7 Å². The van der Waals surface area contributed by atoms with Crippen LogP contribution in [-0.2, 0) is 33.9 Å². The van der Waals surface area contributed by atoms with Gasteiger partial charge in [-0.15, -0.1) is 0 Å². The first kappa shape index (κ1) is 31.6. The van der Waals surface area contributed by atoms with Gasteiger partial charge in [-0.3, -0.25) is 9.97 Å². The van der Waals surface area contributed by atoms with Crippen LogP contribution in [0.3, 0.4) is 0 Å². The van der Waals surface area contributed by atoms with Gasteiger partial charge in [0.15, 0.2) is 6.04 Å². The first-order valence-corrected chi connectivity index (χ1v) is 13.8. The summed E-state index contributed by atoms with van der Waals surface area (Å²) in [5, 5.41) is 14.4. The summed E-state index contributed by atoms with van der Waals surface area (Å²) >= 11 is 0. The van der Waals surface area contributed by atoms with Gasteiger partial charge in [0.25, 0.3) is 5.95 Å². The number of aromatic nitrogens is 5. The number of benzene rings is 1. The van der Waals surface area contributed by atoms with Gasteiger partial charge in [-0.05, 0) is 28.8 Å². The van der Waals surface area contributed by atoms with Gasteiger partial charge >= 0.3 is 12.1 Å². The van der Waals surface area contributed by atoms with E-state index in [0.717, 1.165) is 16.2 Å². The van der Waals surface area contributed by atoms with Crippen LogP contribution in [0.5, 0.6) is 0 Å². The minimum atomic E-state index is -1.37. The van der Waals surface area contributed by atoms with Crippen molar-refractivity contribution < 1.29 is 24.3 Å². The first-order valence-electron chi connectivity index (χ1n) is 13.8. The van der Waals surface area contributed by atoms with Gasteiger partial charge in [-0.25, -0.2) is 9.59 Å². The number of anilines is 3. The van der Waals surface area contributed by atoms with Gasteiger partial charge in [0, 0.05) is 72.0 Å². The highest BCUT2D eigenvalue weighted by atomic mass is 16.7. The van der Waals surface area contributed by atoms with Crippen LogP contribution >= 0.6 is 0 Å². The number of pyridine rings is 2. The zero-order valence-electron chi connectivity index (χ0n) is 24.8. The van der Waals surface area contributed by atoms with E-state index in [4.69, 9.17) is 9.57 Å². The van der Waals surface area contributed by atoms with Crippen molar-refractivity contribution in [1.29, 1.82) is 0 Å². The third-order valence-electron chi connectivity index (χ3n) is 6.26. The molecule has 4 rings (SSSR count). The van der Waals surface area contributed by atoms with E-state index in [1.165, 1.54) is 19.0 Å². The lowest BCUT2D eigenvalue weighted by Crippen LogP contribution is -2.47. The van der Waals surface area contributed by atoms with Crippen LogP contribution in [0.25, 0.3) is 0 Å². The summed E-state index contributed by atoms with van der Waals surface area (Å²) in [5.74, 6) is -1.06. The number of rotatable bonds is 15. The summed E-state index contributed by atoms with van der Waals surface area (Å²) < 4.78 is 5.17. The van der Waals surface area contributed by atoms with Gasteiger partial charge in [-0.2, -0.15) is 20.0 Å². The minimum absolute atomic E-state index is 0.000577. The molecule has 1 amide bonds. The number of carboxylic acid groups (broad SMARTS) is 1. The van der Waals surface area contributed by atoms with Crippen LogP contribution in [0.2, 0.25) is 0 Å². The lowest BCUT2D eigenvalue weighted by Gasteiger charge is -2.29. The van der Waals surface area contributed by atoms with Crippen LogP contribution in [0.15, 0.2) is 79.4 Å². The number of nitrogens with one attached hydrogen (secondary N) is 1. The third kappa shape index (κ3) is 9.06. The molecule has 2 N–H and O–H groups in total. The number of amides is 1. The molecule has 230 valence electrons. The molecule has 0 saturated heterocycles. The number of hydrogen-bond acceptors (Lipinski definition) is 12. The molecule has 3 aromatic heterocycles. The van der Waals surface area contributed by atoms with E-state index in [-0.39, 0.29) is 24.3 Å². The Morgan fingerprint density at radius 3 is 2.02 bits per heavy atom. The highest BCUT2D eigenvalue weighted by molar-refractivity contribution is 5.79. The Morgan fingerprint density at radius 2 is 1.48 bits per heavy atom. The van der Waals surface area contributed by atoms with Crippen molar-refractivity contribution in [2.24, 2.45) is 0 Å². The van der Waals surface area contributed by atoms with Crippen LogP contribution in [0, 0.1) is 0 Å². The maximum atomic E-state index is 12.8. The molecule has 0 bridgehead atoms. The molecule has 1 atom stereocenters. The molecule has 0 saturated carbocycles. The number of hydrogen-bond donors (Lipinski definition) is 2. The molecule has 0 radical (unpaired) electrons. The largest absolute Gasteiger partial charge is 0.480 e. The predicted molar refractivity (Wildman–Crippen MR) is 163 cm³/mol. The van der Waals surface area contributed by atoms with Crippen molar-refractivity contribution in [3.63, 3.8) is 0 Å². The molecule has 0 aliphatic rings. The lowest BCUT2D eigenvalue weighted by atomic mass is 10.1. The van der Waals surface area contributed by atoms with E-state index in [1.807, 2.05) is 35.2 Å². The molecule has 0 unspecified atom stereocenters. The zero-order chi connectivity index (χ0) is 31.3. The molecule has 0 spiro atoms. The van der Waals surface area contributed by atoms with Gasteiger partial charge in [0.2, 0.25) is 11.9 Å². The first-order chi connectivity index (χ1) is 21.3. The van der Waals surface area contributed by atoms with E-state index >= 15 is 0 Å². The maximum absolute atomic E-state index is 12.8. The second-order valence-electron chi connectivity index (χ2n) is 9.88. The molecule has 0 fully saturated rings. The number of carbonyl (C=O) groups excluding carboxylic acids is 1. The van der Waals surface area contributed by atoms with Crippen LogP contribution in [0.4, 0.5) is 22.6 Å². The molecular weight excluding hydrogens is 566 g/mol. The maximum Gasteiger partial charge on any atom is 0.433 e. The van der Waals surface area contributed by atoms with Crippen molar-refractivity contribution in [2.45, 2.75) is 25.6 Å². The minimum Gasteiger partial charge on any atom is -0.480 e. The van der Waals surface area contributed by atoms with Crippen molar-refractivity contribution in [1.82, 2.24) is 29.8 Å². The van der Waals surface area contributed by atoms with E-state index < -0.39 is 18.1 Å². The van der Waals surface area contributed by atoms with E-state index in [0.29, 0.717) is 31.8 Å². The Bertz CT molecular complexity index is 1440. The fraction of sp³-hybridized carbons (Fsp3) is 0.300. The Hall–Kier alpha value is -5.37. The molecule has 4 aromatic rings. The van der Waals surface area contributed by atoms with Gasteiger partial charge < -0.3 is 29.8 Å². The summed E-state index contributed by atoms with van der Waals surface area (Å²) in [6.45, 7) is 1.42. The third-order valence-corrected chi connectivity index (χ3v) is 6.26. The second-order valence-corrected chi connectivity index (χ2v) is 9.88. The number of nitrogens with zero attached hydrogens (tertiary/aromatic N) is 8. The number of carboxylic acids is 1. The molecule has 3 heterocycles. The Labute approximate surface area is 255 Å². The molecule has 0 aliphatic carbocycles. The molecule has 14 heteroatoms. The molecule has 44 heavy (non-hydrogen) atoms. The number of hydroxylamine groups is 1. The Morgan fingerprint density at radius 1 is 0.864 bits per heavy atom. The van der Waals surface area contributed by atoms with Crippen LogP contribution in [0.1, 0.15) is 16.7 Å². The average molecular weight is 602 g/mol. The van der Waals surface area contributed by atoms with Crippen molar-refractivity contribution >= 4 is 29.9 Å². The second kappa shape index (κ2) is 15.7. The molecule has 14 nitrogen and oxygen atoms in total. The van der Waals surface area contributed by atoms with Gasteiger partial charge in [-0.1, -0.05) is 42.5 Å². The zero-order valence-corrected chi connectivity index (χ0v) is 24.8. The smallest absolute Gasteiger partial charge is 0.433 e. The predicted octanol–water partition coefficient (Wildman–Crippen LogP) is 3.04. The average Bonchev–Trinajstić information content (AvgIpc) is 3.03. The van der Waals surface area contributed by atoms with Crippen molar-refractivity contribution in [2.75, 3.05) is 49.6 Å². The normalized spacial score (nSPS) is 11.3. The Balaban J connectivity index is 1.83. The number of ether oxygens (including phenoxy) is 1. The number of aliphatic carboxylic acids is 1. The highest BCUT2D eigenvalue weighted by Crippen LogP contribution is 2.24. The van der Waals surface area contributed by atoms with E-state index in [2.05, 4.69) is 30.2 Å². The topological polar surface area (TPSA) is 159 Å². The number of carbonyl (C=O) groups is 2. The standard InChI is InChI=1S/C30H35N9O5/c1-37(2)30(42)44-39(25(26(40)41)17-22-9-5-4-6-10-22)29-35-27(33-15-16-43-3)34-28(36-29)38(20-23-11-7-13-31-18-23)21-24-12-8-14-32-19-24/h4-14,18-19,25H,15-17,20-21H2,1-3H3,(H,40,41)(H,33,34,35,36)/t25-/m0/s1. The fourth-order valence-electron chi connectivity index (χ4n) is 4.08. The quantitative estimate of drug-likeness (QED) is 0.151. The van der Waals surface area contributed by atoms with Crippen LogP contribution in [-0.4, -0.2) is 87.4 Å². The summed E-state index contributed by atoms with van der Waals surface area (Å²) in [6, 6.07) is 15.2. The van der Waals surface area contributed by atoms with Crippen molar-refractivity contribution in [3.05, 3.63) is 96.1 Å². The molecular formula is C30H35N9O5.